The lowest BCUT2D eigenvalue weighted by atomic mass is 10.1. The lowest BCUT2D eigenvalue weighted by molar-refractivity contribution is -0.139. The molecule has 2 amide bonds. The van der Waals surface area contributed by atoms with Crippen molar-refractivity contribution in [2.45, 2.75) is 51.2 Å². The number of sulfonamides is 1. The monoisotopic (exact) mass is 585 g/mol. The average molecular weight is 587 g/mol. The fourth-order valence-electron chi connectivity index (χ4n) is 3.85. The number of rotatable bonds is 10. The molecule has 0 fully saturated rings. The predicted octanol–water partition coefficient (Wildman–Crippen LogP) is 4.89. The van der Waals surface area contributed by atoms with Gasteiger partial charge in [0.2, 0.25) is 11.8 Å². The first-order chi connectivity index (χ1) is 17.5. The fraction of sp³-hybridized carbons (Fsp3) is 0.286. The summed E-state index contributed by atoms with van der Waals surface area (Å²) in [6, 6.07) is 21.5. The number of aryl methyl sites for hydroxylation is 1. The van der Waals surface area contributed by atoms with Gasteiger partial charge in [-0.05, 0) is 75.2 Å². The SMILES string of the molecule is Cc1cccc(N(CC(=O)N(Cc2cccc(Br)c2)[C@H](C)C(=O)NC(C)C)S(=O)(=O)c2ccccc2)c1. The van der Waals surface area contributed by atoms with Crippen LogP contribution in [-0.4, -0.2) is 43.8 Å². The zero-order valence-corrected chi connectivity index (χ0v) is 23.8. The minimum Gasteiger partial charge on any atom is -0.352 e. The molecule has 0 bridgehead atoms. The van der Waals surface area contributed by atoms with Crippen LogP contribution in [0.3, 0.4) is 0 Å². The first-order valence-corrected chi connectivity index (χ1v) is 14.2. The molecule has 7 nitrogen and oxygen atoms in total. The van der Waals surface area contributed by atoms with E-state index in [1.54, 1.807) is 43.3 Å². The summed E-state index contributed by atoms with van der Waals surface area (Å²) in [5, 5.41) is 2.85. The van der Waals surface area contributed by atoms with E-state index in [9.17, 15) is 18.0 Å². The molecule has 196 valence electrons. The Morgan fingerprint density at radius 3 is 2.22 bits per heavy atom. The van der Waals surface area contributed by atoms with Crippen molar-refractivity contribution in [1.29, 1.82) is 0 Å². The maximum atomic E-state index is 13.8. The van der Waals surface area contributed by atoms with Crippen molar-refractivity contribution in [3.05, 3.63) is 94.5 Å². The van der Waals surface area contributed by atoms with Crippen LogP contribution in [0.4, 0.5) is 5.69 Å². The molecule has 0 aliphatic heterocycles. The second kappa shape index (κ2) is 12.4. The summed E-state index contributed by atoms with van der Waals surface area (Å²) in [7, 11) is -4.07. The highest BCUT2D eigenvalue weighted by atomic mass is 79.9. The van der Waals surface area contributed by atoms with Gasteiger partial charge in [-0.2, -0.15) is 0 Å². The molecule has 3 rings (SSSR count). The van der Waals surface area contributed by atoms with E-state index >= 15 is 0 Å². The van der Waals surface area contributed by atoms with Crippen LogP contribution in [0.2, 0.25) is 0 Å². The molecule has 0 aliphatic carbocycles. The summed E-state index contributed by atoms with van der Waals surface area (Å²) in [5.74, 6) is -0.807. The predicted molar refractivity (Wildman–Crippen MR) is 150 cm³/mol. The molecule has 1 N–H and O–H groups in total. The molecule has 0 aromatic heterocycles. The van der Waals surface area contributed by atoms with Crippen molar-refractivity contribution in [1.82, 2.24) is 10.2 Å². The molecule has 1 atom stereocenters. The van der Waals surface area contributed by atoms with Crippen LogP contribution >= 0.6 is 15.9 Å². The molecular formula is C28H32BrN3O4S. The van der Waals surface area contributed by atoms with Gasteiger partial charge in [-0.3, -0.25) is 13.9 Å². The molecular weight excluding hydrogens is 554 g/mol. The molecule has 3 aromatic rings. The maximum absolute atomic E-state index is 13.8. The van der Waals surface area contributed by atoms with Crippen molar-refractivity contribution in [3.63, 3.8) is 0 Å². The topological polar surface area (TPSA) is 86.8 Å². The van der Waals surface area contributed by atoms with E-state index < -0.39 is 28.5 Å². The summed E-state index contributed by atoms with van der Waals surface area (Å²) < 4.78 is 29.4. The van der Waals surface area contributed by atoms with Gasteiger partial charge < -0.3 is 10.2 Å². The number of hydrogen-bond acceptors (Lipinski definition) is 4. The molecule has 0 aliphatic rings. The second-order valence-corrected chi connectivity index (χ2v) is 11.9. The molecule has 0 radical (unpaired) electrons. The highest BCUT2D eigenvalue weighted by molar-refractivity contribution is 9.10. The Morgan fingerprint density at radius 1 is 0.919 bits per heavy atom. The van der Waals surface area contributed by atoms with Gasteiger partial charge in [0.25, 0.3) is 10.0 Å². The van der Waals surface area contributed by atoms with Gasteiger partial charge in [0, 0.05) is 17.1 Å². The number of nitrogens with zero attached hydrogens (tertiary/aromatic N) is 2. The highest BCUT2D eigenvalue weighted by Gasteiger charge is 2.32. The highest BCUT2D eigenvalue weighted by Crippen LogP contribution is 2.25. The quantitative estimate of drug-likeness (QED) is 0.367. The first-order valence-electron chi connectivity index (χ1n) is 12.0. The Balaban J connectivity index is 2.02. The summed E-state index contributed by atoms with van der Waals surface area (Å²) >= 11 is 3.45. The normalized spacial score (nSPS) is 12.2. The summed E-state index contributed by atoms with van der Waals surface area (Å²) in [4.78, 5) is 28.3. The van der Waals surface area contributed by atoms with Gasteiger partial charge in [-0.1, -0.05) is 58.4 Å². The van der Waals surface area contributed by atoms with Crippen molar-refractivity contribution in [2.24, 2.45) is 0 Å². The Kier molecular flexibility index (Phi) is 9.50. The largest absolute Gasteiger partial charge is 0.352 e. The number of carbonyl (C=O) groups excluding carboxylic acids is 2. The Hall–Kier alpha value is -3.17. The van der Waals surface area contributed by atoms with E-state index in [2.05, 4.69) is 21.2 Å². The number of halogens is 1. The van der Waals surface area contributed by atoms with Crippen molar-refractivity contribution >= 4 is 43.5 Å². The third kappa shape index (κ3) is 7.42. The van der Waals surface area contributed by atoms with E-state index in [0.717, 1.165) is 19.9 Å². The lowest BCUT2D eigenvalue weighted by Crippen LogP contribution is -2.52. The molecule has 0 spiro atoms. The summed E-state index contributed by atoms with van der Waals surface area (Å²) in [6.07, 6.45) is 0. The molecule has 37 heavy (non-hydrogen) atoms. The molecule has 0 saturated carbocycles. The standard InChI is InChI=1S/C28H32BrN3O4S/c1-20(2)30-28(34)22(4)31(18-23-11-9-12-24(29)17-23)27(33)19-32(25-13-8-10-21(3)16-25)37(35,36)26-14-6-5-7-15-26/h5-17,20,22H,18-19H2,1-4H3,(H,30,34)/t22-/m1/s1. The number of anilines is 1. The zero-order valence-electron chi connectivity index (χ0n) is 21.4. The zero-order chi connectivity index (χ0) is 27.2. The number of carbonyl (C=O) groups is 2. The average Bonchev–Trinajstić information content (AvgIpc) is 2.85. The van der Waals surface area contributed by atoms with E-state index in [0.29, 0.717) is 5.69 Å². The van der Waals surface area contributed by atoms with E-state index in [4.69, 9.17) is 0 Å². The van der Waals surface area contributed by atoms with Gasteiger partial charge in [0.15, 0.2) is 0 Å². The third-order valence-electron chi connectivity index (χ3n) is 5.74. The molecule has 0 saturated heterocycles. The van der Waals surface area contributed by atoms with Crippen molar-refractivity contribution in [3.8, 4) is 0 Å². The van der Waals surface area contributed by atoms with Crippen LogP contribution in [0.15, 0.2) is 88.2 Å². The summed E-state index contributed by atoms with van der Waals surface area (Å²) in [6.45, 7) is 6.87. The lowest BCUT2D eigenvalue weighted by Gasteiger charge is -2.32. The Bertz CT molecular complexity index is 1350. The summed E-state index contributed by atoms with van der Waals surface area (Å²) in [5.41, 5.74) is 2.03. The first kappa shape index (κ1) is 28.4. The van der Waals surface area contributed by atoms with Gasteiger partial charge in [-0.15, -0.1) is 0 Å². The maximum Gasteiger partial charge on any atom is 0.264 e. The number of amides is 2. The number of hydrogen-bond donors (Lipinski definition) is 1. The molecule has 3 aromatic carbocycles. The van der Waals surface area contributed by atoms with Crippen molar-refractivity contribution in [2.75, 3.05) is 10.8 Å². The molecule has 9 heteroatoms. The van der Waals surface area contributed by atoms with Gasteiger partial charge in [0.1, 0.15) is 12.6 Å². The number of benzene rings is 3. The van der Waals surface area contributed by atoms with Crippen LogP contribution < -0.4 is 9.62 Å². The van der Waals surface area contributed by atoms with Crippen LogP contribution in [0.1, 0.15) is 31.9 Å². The van der Waals surface area contributed by atoms with Crippen LogP contribution in [-0.2, 0) is 26.2 Å². The number of nitrogens with one attached hydrogen (secondary N) is 1. The van der Waals surface area contributed by atoms with Gasteiger partial charge in [0.05, 0.1) is 10.6 Å². The third-order valence-corrected chi connectivity index (χ3v) is 8.02. The smallest absolute Gasteiger partial charge is 0.264 e. The van der Waals surface area contributed by atoms with E-state index in [1.165, 1.54) is 17.0 Å². The Morgan fingerprint density at radius 2 is 1.59 bits per heavy atom. The van der Waals surface area contributed by atoms with Crippen LogP contribution in [0, 0.1) is 6.92 Å². The van der Waals surface area contributed by atoms with Crippen LogP contribution in [0.5, 0.6) is 0 Å². The fourth-order valence-corrected chi connectivity index (χ4v) is 5.72. The van der Waals surface area contributed by atoms with Gasteiger partial charge >= 0.3 is 0 Å². The van der Waals surface area contributed by atoms with E-state index in [1.807, 2.05) is 51.1 Å². The minimum atomic E-state index is -4.07. The molecule has 0 unspecified atom stereocenters. The second-order valence-electron chi connectivity index (χ2n) is 9.15. The Labute approximate surface area is 227 Å². The van der Waals surface area contributed by atoms with Crippen molar-refractivity contribution < 1.29 is 18.0 Å². The van der Waals surface area contributed by atoms with E-state index in [-0.39, 0.29) is 23.4 Å². The molecule has 0 heterocycles. The minimum absolute atomic E-state index is 0.0773. The van der Waals surface area contributed by atoms with Crippen LogP contribution in [0.25, 0.3) is 0 Å². The van der Waals surface area contributed by atoms with Gasteiger partial charge in [-0.25, -0.2) is 8.42 Å².